The molecular weight excluding hydrogens is 360 g/mol. The number of anilines is 1. The van der Waals surface area contributed by atoms with Gasteiger partial charge in [-0.3, -0.25) is 10.1 Å². The van der Waals surface area contributed by atoms with E-state index in [2.05, 4.69) is 5.32 Å². The van der Waals surface area contributed by atoms with Gasteiger partial charge in [0.2, 0.25) is 5.76 Å². The van der Waals surface area contributed by atoms with Gasteiger partial charge < -0.3 is 14.5 Å². The zero-order valence-corrected chi connectivity index (χ0v) is 15.3. The lowest BCUT2D eigenvalue weighted by atomic mass is 10.0. The van der Waals surface area contributed by atoms with Crippen LogP contribution < -0.4 is 5.32 Å². The van der Waals surface area contributed by atoms with Crippen molar-refractivity contribution in [3.8, 4) is 0 Å². The minimum Gasteiger partial charge on any atom is -0.460 e. The molecular formula is C21H20N2O5. The molecule has 144 valence electrons. The molecule has 0 fully saturated rings. The quantitative estimate of drug-likeness (QED) is 0.339. The van der Waals surface area contributed by atoms with Crippen molar-refractivity contribution in [1.29, 1.82) is 0 Å². The first-order chi connectivity index (χ1) is 13.5. The molecule has 0 spiro atoms. The van der Waals surface area contributed by atoms with Crippen molar-refractivity contribution in [3.63, 3.8) is 0 Å². The van der Waals surface area contributed by atoms with Crippen LogP contribution in [0.15, 0.2) is 71.1 Å². The van der Waals surface area contributed by atoms with Crippen LogP contribution in [0.3, 0.4) is 0 Å². The first-order valence-electron chi connectivity index (χ1n) is 8.82. The zero-order chi connectivity index (χ0) is 19.9. The van der Waals surface area contributed by atoms with Crippen molar-refractivity contribution in [2.24, 2.45) is 0 Å². The lowest BCUT2D eigenvalue weighted by molar-refractivity contribution is -0.402. The fourth-order valence-corrected chi connectivity index (χ4v) is 2.73. The Morgan fingerprint density at radius 2 is 1.82 bits per heavy atom. The molecule has 7 heteroatoms. The van der Waals surface area contributed by atoms with Gasteiger partial charge >= 0.3 is 11.9 Å². The van der Waals surface area contributed by atoms with E-state index < -0.39 is 16.8 Å². The molecule has 0 aliphatic heterocycles. The lowest BCUT2D eigenvalue weighted by Gasteiger charge is -2.20. The number of hydrogen-bond donors (Lipinski definition) is 1. The smallest absolute Gasteiger partial charge is 0.433 e. The maximum absolute atomic E-state index is 12.0. The van der Waals surface area contributed by atoms with Gasteiger partial charge in [0.1, 0.15) is 4.92 Å². The summed E-state index contributed by atoms with van der Waals surface area (Å²) in [6.07, 6.45) is 0.520. The minimum absolute atomic E-state index is 0.0670. The first-order valence-corrected chi connectivity index (χ1v) is 8.82. The molecule has 0 aliphatic carbocycles. The number of nitro groups is 1. The molecule has 0 saturated heterocycles. The molecule has 0 amide bonds. The molecule has 7 nitrogen and oxygen atoms in total. The van der Waals surface area contributed by atoms with E-state index in [0.717, 1.165) is 17.3 Å². The van der Waals surface area contributed by atoms with Gasteiger partial charge in [0, 0.05) is 12.1 Å². The number of carbonyl (C=O) groups is 1. The third-order valence-corrected chi connectivity index (χ3v) is 4.21. The first kappa shape index (κ1) is 19.2. The van der Waals surface area contributed by atoms with Gasteiger partial charge in [0.05, 0.1) is 18.7 Å². The Morgan fingerprint density at radius 1 is 1.11 bits per heavy atom. The number of aryl methyl sites for hydroxylation is 1. The van der Waals surface area contributed by atoms with Crippen LogP contribution in [0.5, 0.6) is 0 Å². The SMILES string of the molecule is Cc1ccc(N[C@@H](CCOC(=O)c2ccc([N+](=O)[O-])o2)c2ccccc2)cc1. The summed E-state index contributed by atoms with van der Waals surface area (Å²) in [5.41, 5.74) is 3.20. The van der Waals surface area contributed by atoms with E-state index in [1.807, 2.05) is 61.5 Å². The summed E-state index contributed by atoms with van der Waals surface area (Å²) in [5.74, 6) is -1.40. The van der Waals surface area contributed by atoms with Crippen LogP contribution in [0.1, 0.15) is 34.1 Å². The molecule has 0 aliphatic rings. The Hall–Kier alpha value is -3.61. The number of nitrogens with one attached hydrogen (secondary N) is 1. The number of nitrogens with zero attached hydrogens (tertiary/aromatic N) is 1. The average Bonchev–Trinajstić information content (AvgIpc) is 3.20. The zero-order valence-electron chi connectivity index (χ0n) is 15.3. The predicted molar refractivity (Wildman–Crippen MR) is 104 cm³/mol. The monoisotopic (exact) mass is 380 g/mol. The lowest BCUT2D eigenvalue weighted by Crippen LogP contribution is -2.15. The maximum atomic E-state index is 12.0. The molecule has 1 aromatic heterocycles. The summed E-state index contributed by atoms with van der Waals surface area (Å²) in [7, 11) is 0. The Balaban J connectivity index is 1.63. The molecule has 3 aromatic rings. The minimum atomic E-state index is -0.727. The molecule has 28 heavy (non-hydrogen) atoms. The standard InChI is InChI=1S/C21H20N2O5/c1-15-7-9-17(10-8-15)22-18(16-5-3-2-4-6-16)13-14-27-21(24)19-11-12-20(28-19)23(25)26/h2-12,18,22H,13-14H2,1H3/t18-/m0/s1. The van der Waals surface area contributed by atoms with Gasteiger partial charge in [-0.05, 0) is 30.7 Å². The summed E-state index contributed by atoms with van der Waals surface area (Å²) in [5, 5.41) is 14.1. The normalized spacial score (nSPS) is 11.6. The number of ether oxygens (including phenoxy) is 1. The van der Waals surface area contributed by atoms with E-state index in [4.69, 9.17) is 9.15 Å². The molecule has 0 unspecified atom stereocenters. The second-order valence-corrected chi connectivity index (χ2v) is 6.29. The van der Waals surface area contributed by atoms with Gasteiger partial charge in [-0.2, -0.15) is 0 Å². The van der Waals surface area contributed by atoms with Gasteiger partial charge in [0.15, 0.2) is 0 Å². The van der Waals surface area contributed by atoms with Crippen LogP contribution >= 0.6 is 0 Å². The highest BCUT2D eigenvalue weighted by Gasteiger charge is 2.19. The third-order valence-electron chi connectivity index (χ3n) is 4.21. The molecule has 1 atom stereocenters. The number of hydrogen-bond acceptors (Lipinski definition) is 6. The predicted octanol–water partition coefficient (Wildman–Crippen LogP) is 4.90. The van der Waals surface area contributed by atoms with Gasteiger partial charge in [-0.1, -0.05) is 48.0 Å². The third kappa shape index (κ3) is 4.97. The summed E-state index contributed by atoms with van der Waals surface area (Å²) < 4.78 is 10.1. The van der Waals surface area contributed by atoms with E-state index in [0.29, 0.717) is 6.42 Å². The van der Waals surface area contributed by atoms with Crippen LogP contribution in [0.4, 0.5) is 11.6 Å². The topological polar surface area (TPSA) is 94.6 Å². The second-order valence-electron chi connectivity index (χ2n) is 6.29. The molecule has 3 rings (SSSR count). The van der Waals surface area contributed by atoms with Crippen molar-refractivity contribution in [2.45, 2.75) is 19.4 Å². The van der Waals surface area contributed by atoms with Crippen LogP contribution in [-0.2, 0) is 4.74 Å². The number of furan rings is 1. The van der Waals surface area contributed by atoms with E-state index in [1.54, 1.807) is 0 Å². The van der Waals surface area contributed by atoms with Gasteiger partial charge in [0.25, 0.3) is 0 Å². The largest absolute Gasteiger partial charge is 0.460 e. The van der Waals surface area contributed by atoms with Crippen LogP contribution in [0.2, 0.25) is 0 Å². The Bertz CT molecular complexity index is 935. The van der Waals surface area contributed by atoms with Crippen molar-refractivity contribution in [2.75, 3.05) is 11.9 Å². The average molecular weight is 380 g/mol. The van der Waals surface area contributed by atoms with Gasteiger partial charge in [-0.25, -0.2) is 4.79 Å². The fourth-order valence-electron chi connectivity index (χ4n) is 2.73. The fraction of sp³-hybridized carbons (Fsp3) is 0.190. The van der Waals surface area contributed by atoms with Crippen LogP contribution in [0, 0.1) is 17.0 Å². The number of benzene rings is 2. The van der Waals surface area contributed by atoms with Crippen molar-refractivity contribution in [3.05, 3.63) is 93.7 Å². The molecule has 2 aromatic carbocycles. The molecule has 1 N–H and O–H groups in total. The highest BCUT2D eigenvalue weighted by atomic mass is 16.7. The summed E-state index contributed by atoms with van der Waals surface area (Å²) in [4.78, 5) is 22.0. The Labute approximate surface area is 162 Å². The van der Waals surface area contributed by atoms with E-state index in [1.165, 1.54) is 11.6 Å². The maximum Gasteiger partial charge on any atom is 0.433 e. The summed E-state index contributed by atoms with van der Waals surface area (Å²) in [6.45, 7) is 2.16. The molecule has 0 saturated carbocycles. The highest BCUT2D eigenvalue weighted by Crippen LogP contribution is 2.23. The second kappa shape index (κ2) is 8.85. The van der Waals surface area contributed by atoms with Gasteiger partial charge in [-0.15, -0.1) is 0 Å². The van der Waals surface area contributed by atoms with Crippen LogP contribution in [-0.4, -0.2) is 17.5 Å². The molecule has 0 bridgehead atoms. The highest BCUT2D eigenvalue weighted by molar-refractivity contribution is 5.86. The van der Waals surface area contributed by atoms with Crippen molar-refractivity contribution >= 4 is 17.5 Å². The number of rotatable bonds is 8. The summed E-state index contributed by atoms with van der Waals surface area (Å²) in [6, 6.07) is 20.2. The molecule has 1 heterocycles. The van der Waals surface area contributed by atoms with Crippen molar-refractivity contribution < 1.29 is 18.9 Å². The number of esters is 1. The van der Waals surface area contributed by atoms with E-state index >= 15 is 0 Å². The Morgan fingerprint density at radius 3 is 2.46 bits per heavy atom. The summed E-state index contributed by atoms with van der Waals surface area (Å²) >= 11 is 0. The van der Waals surface area contributed by atoms with Crippen LogP contribution in [0.25, 0.3) is 0 Å². The molecule has 0 radical (unpaired) electrons. The van der Waals surface area contributed by atoms with E-state index in [9.17, 15) is 14.9 Å². The number of carbonyl (C=O) groups excluding carboxylic acids is 1. The van der Waals surface area contributed by atoms with Crippen molar-refractivity contribution in [1.82, 2.24) is 0 Å². The Kier molecular flexibility index (Phi) is 6.06. The van der Waals surface area contributed by atoms with E-state index in [-0.39, 0.29) is 18.4 Å².